The first-order chi connectivity index (χ1) is 13.1. The van der Waals surface area contributed by atoms with Crippen LogP contribution in [-0.2, 0) is 12.1 Å². The largest absolute Gasteiger partial charge is 0.457 e. The van der Waals surface area contributed by atoms with Crippen LogP contribution in [0.1, 0.15) is 23.6 Å². The fourth-order valence-electron chi connectivity index (χ4n) is 2.90. The third kappa shape index (κ3) is 3.67. The number of nitrogens with zero attached hydrogens (tertiary/aromatic N) is 1. The lowest BCUT2D eigenvalue weighted by Gasteiger charge is -2.37. The van der Waals surface area contributed by atoms with Gasteiger partial charge in [-0.05, 0) is 48.2 Å². The van der Waals surface area contributed by atoms with Gasteiger partial charge in [-0.15, -0.1) is 0 Å². The van der Waals surface area contributed by atoms with E-state index in [0.717, 1.165) is 19.2 Å². The van der Waals surface area contributed by atoms with Crippen molar-refractivity contribution in [3.8, 4) is 11.1 Å². The number of pyridine rings is 1. The van der Waals surface area contributed by atoms with E-state index in [1.165, 1.54) is 13.0 Å². The second-order valence-corrected chi connectivity index (χ2v) is 6.50. The Morgan fingerprint density at radius 1 is 1.00 bits per heavy atom. The van der Waals surface area contributed by atoms with Gasteiger partial charge in [-0.3, -0.25) is 0 Å². The molecule has 1 aromatic carbocycles. The zero-order valence-electron chi connectivity index (χ0n) is 14.7. The maximum Gasteiger partial charge on any atom is 0.457 e. The Hall–Kier alpha value is -1.97. The van der Waals surface area contributed by atoms with Crippen molar-refractivity contribution in [2.75, 3.05) is 0 Å². The summed E-state index contributed by atoms with van der Waals surface area (Å²) in [5.74, 6) is -6.79. The first-order valence-electron chi connectivity index (χ1n) is 7.96. The number of aromatic nitrogens is 1. The van der Waals surface area contributed by atoms with Gasteiger partial charge in [-0.25, -0.2) is 9.37 Å². The third-order valence-electron chi connectivity index (χ3n) is 4.21. The summed E-state index contributed by atoms with van der Waals surface area (Å²) in [4.78, 5) is 3.59. The van der Waals surface area contributed by atoms with E-state index in [0.29, 0.717) is 0 Å². The summed E-state index contributed by atoms with van der Waals surface area (Å²) in [6.07, 6.45) is -12.5. The molecule has 11 heteroatoms. The van der Waals surface area contributed by atoms with Gasteiger partial charge < -0.3 is 0 Å². The normalized spacial score (nSPS) is 15.3. The smallest absolute Gasteiger partial charge is 0.244 e. The van der Waals surface area contributed by atoms with Crippen LogP contribution in [0.25, 0.3) is 11.1 Å². The zero-order valence-corrected chi connectivity index (χ0v) is 15.5. The summed E-state index contributed by atoms with van der Waals surface area (Å²) >= 11 is 5.83. The van der Waals surface area contributed by atoms with Crippen LogP contribution in [0.3, 0.4) is 0 Å². The number of hydrogen-bond acceptors (Lipinski definition) is 1. The van der Waals surface area contributed by atoms with Gasteiger partial charge in [0.1, 0.15) is 5.15 Å². The van der Waals surface area contributed by atoms with Gasteiger partial charge in [0.15, 0.2) is 0 Å². The van der Waals surface area contributed by atoms with Crippen molar-refractivity contribution in [3.63, 3.8) is 0 Å². The molecular weight excluding hydrogens is 437 g/mol. The van der Waals surface area contributed by atoms with Crippen LogP contribution in [0.2, 0.25) is 5.15 Å². The molecule has 2 rings (SSSR count). The van der Waals surface area contributed by atoms with E-state index in [1.54, 1.807) is 0 Å². The van der Waals surface area contributed by atoms with E-state index in [1.807, 2.05) is 0 Å². The van der Waals surface area contributed by atoms with Gasteiger partial charge >= 0.3 is 23.9 Å². The van der Waals surface area contributed by atoms with Crippen LogP contribution in [-0.4, -0.2) is 23.3 Å². The van der Waals surface area contributed by atoms with E-state index < -0.39 is 45.8 Å². The van der Waals surface area contributed by atoms with Crippen molar-refractivity contribution in [1.82, 2.24) is 4.98 Å². The van der Waals surface area contributed by atoms with Crippen LogP contribution in [0.4, 0.5) is 39.5 Å². The topological polar surface area (TPSA) is 12.9 Å². The number of aryl methyl sites for hydroxylation is 2. The minimum atomic E-state index is -6.83. The summed E-state index contributed by atoms with van der Waals surface area (Å²) in [6, 6.07) is 5.03. The van der Waals surface area contributed by atoms with E-state index >= 15 is 4.39 Å². The number of halogens is 10. The summed E-state index contributed by atoms with van der Waals surface area (Å²) in [6.45, 7) is 2.48. The lowest BCUT2D eigenvalue weighted by molar-refractivity contribution is -0.389. The Morgan fingerprint density at radius 3 is 2.03 bits per heavy atom. The van der Waals surface area contributed by atoms with Crippen LogP contribution >= 0.6 is 11.6 Å². The van der Waals surface area contributed by atoms with Crippen molar-refractivity contribution in [3.05, 3.63) is 52.3 Å². The average molecular weight is 449 g/mol. The highest BCUT2D eigenvalue weighted by Gasteiger charge is 2.82. The number of rotatable bonds is 4. The Bertz CT molecular complexity index is 905. The molecule has 1 heterocycles. The lowest BCUT2D eigenvalue weighted by atomic mass is 9.79. The molecule has 2 aromatic rings. The van der Waals surface area contributed by atoms with E-state index in [-0.39, 0.29) is 23.6 Å². The molecule has 0 spiro atoms. The van der Waals surface area contributed by atoms with Gasteiger partial charge in [-0.2, -0.15) is 35.1 Å². The molecule has 159 valence electrons. The van der Waals surface area contributed by atoms with E-state index in [9.17, 15) is 35.1 Å². The zero-order chi connectivity index (χ0) is 22.4. The molecule has 0 aliphatic carbocycles. The minimum Gasteiger partial charge on any atom is -0.244 e. The first kappa shape index (κ1) is 23.3. The second kappa shape index (κ2) is 7.37. The number of hydrogen-bond donors (Lipinski definition) is 0. The van der Waals surface area contributed by atoms with Crippen LogP contribution in [0.5, 0.6) is 0 Å². The SMILES string of the molecule is CCc1[c]c(C)cc(C(F)(C(F)(F)F)C(F)(F)C(F)(F)F)c1-c1cccnc1Cl. The molecule has 0 bridgehead atoms. The Kier molecular flexibility index (Phi) is 5.93. The molecule has 0 fully saturated rings. The predicted octanol–water partition coefficient (Wildman–Crippen LogP) is 7.00. The molecule has 1 nitrogen and oxygen atoms in total. The second-order valence-electron chi connectivity index (χ2n) is 6.14. The van der Waals surface area contributed by atoms with Gasteiger partial charge in [0.2, 0.25) is 0 Å². The van der Waals surface area contributed by atoms with Gasteiger partial charge in [0.05, 0.1) is 0 Å². The number of alkyl halides is 9. The predicted molar refractivity (Wildman–Crippen MR) is 87.5 cm³/mol. The van der Waals surface area contributed by atoms with Crippen molar-refractivity contribution >= 4 is 11.6 Å². The molecule has 0 aliphatic rings. The highest BCUT2D eigenvalue weighted by atomic mass is 35.5. The molecule has 0 amide bonds. The summed E-state index contributed by atoms with van der Waals surface area (Å²) < 4.78 is 123. The maximum absolute atomic E-state index is 15.2. The molecule has 1 atom stereocenters. The molecule has 0 saturated heterocycles. The maximum atomic E-state index is 15.2. The van der Waals surface area contributed by atoms with Gasteiger partial charge in [0.25, 0.3) is 0 Å². The van der Waals surface area contributed by atoms with Crippen molar-refractivity contribution in [2.45, 2.75) is 44.2 Å². The molecule has 1 aromatic heterocycles. The first-order valence-corrected chi connectivity index (χ1v) is 8.34. The summed E-state index contributed by atoms with van der Waals surface area (Å²) in [5.41, 5.74) is -9.77. The van der Waals surface area contributed by atoms with Crippen molar-refractivity contribution in [1.29, 1.82) is 0 Å². The van der Waals surface area contributed by atoms with Gasteiger partial charge in [-0.1, -0.05) is 24.6 Å². The molecule has 29 heavy (non-hydrogen) atoms. The summed E-state index contributed by atoms with van der Waals surface area (Å²) in [5, 5.41) is -0.499. The van der Waals surface area contributed by atoms with Crippen molar-refractivity contribution < 1.29 is 39.5 Å². The molecule has 1 radical (unpaired) electrons. The lowest BCUT2D eigenvalue weighted by Crippen LogP contribution is -2.60. The minimum absolute atomic E-state index is 0.152. The fourth-order valence-corrected chi connectivity index (χ4v) is 3.11. The Labute approximate surface area is 164 Å². The monoisotopic (exact) mass is 448 g/mol. The third-order valence-corrected chi connectivity index (χ3v) is 4.51. The quantitative estimate of drug-likeness (QED) is 0.362. The highest BCUT2D eigenvalue weighted by Crippen LogP contribution is 2.60. The highest BCUT2D eigenvalue weighted by molar-refractivity contribution is 6.32. The average Bonchev–Trinajstić information content (AvgIpc) is 2.58. The summed E-state index contributed by atoms with van der Waals surface area (Å²) in [7, 11) is 0. The Morgan fingerprint density at radius 2 is 1.59 bits per heavy atom. The molecule has 0 aliphatic heterocycles. The fraction of sp³-hybridized carbons (Fsp3) is 0.389. The van der Waals surface area contributed by atoms with E-state index in [2.05, 4.69) is 11.1 Å². The molecule has 0 saturated carbocycles. The molecule has 0 N–H and O–H groups in total. The van der Waals surface area contributed by atoms with Gasteiger partial charge in [0, 0.05) is 17.3 Å². The van der Waals surface area contributed by atoms with E-state index in [4.69, 9.17) is 11.6 Å². The molecular formula is C18H12ClF9N. The van der Waals surface area contributed by atoms with Crippen LogP contribution in [0, 0.1) is 13.0 Å². The molecule has 1 unspecified atom stereocenters. The van der Waals surface area contributed by atoms with Crippen LogP contribution < -0.4 is 0 Å². The standard InChI is InChI=1S/C18H12ClF9N/c1-3-10-7-9(2)8-12(13(10)11-5-4-6-29-14(11)19)15(20,17(23,24)25)16(21,22)18(26,27)28/h4-6,8H,3H2,1-2H3. The number of benzene rings is 1. The van der Waals surface area contributed by atoms with Crippen molar-refractivity contribution in [2.24, 2.45) is 0 Å². The Balaban J connectivity index is 3.08. The van der Waals surface area contributed by atoms with Crippen LogP contribution in [0.15, 0.2) is 24.4 Å².